The summed E-state index contributed by atoms with van der Waals surface area (Å²) < 4.78 is 5.11. The zero-order chi connectivity index (χ0) is 14.3. The van der Waals surface area contributed by atoms with Gasteiger partial charge in [-0.25, -0.2) is 0 Å². The SMILES string of the molecule is C=CCNC(=O)/C=C/c1ccc(OC)c(C(C)=O)c1. The van der Waals surface area contributed by atoms with Gasteiger partial charge in [0.25, 0.3) is 0 Å². The lowest BCUT2D eigenvalue weighted by Gasteiger charge is -2.06. The van der Waals surface area contributed by atoms with Crippen molar-refractivity contribution in [3.8, 4) is 5.75 Å². The van der Waals surface area contributed by atoms with Crippen molar-refractivity contribution < 1.29 is 14.3 Å². The predicted octanol–water partition coefficient (Wildman–Crippen LogP) is 2.21. The minimum atomic E-state index is -0.208. The Balaban J connectivity index is 2.87. The van der Waals surface area contributed by atoms with E-state index in [2.05, 4.69) is 11.9 Å². The highest BCUT2D eigenvalue weighted by atomic mass is 16.5. The number of rotatable bonds is 6. The van der Waals surface area contributed by atoms with Crippen LogP contribution in [0.3, 0.4) is 0 Å². The number of hydrogen-bond donors (Lipinski definition) is 1. The first-order chi connectivity index (χ1) is 9.08. The van der Waals surface area contributed by atoms with Crippen molar-refractivity contribution >= 4 is 17.8 Å². The number of Topliss-reactive ketones (excluding diaryl/α,β-unsaturated/α-hetero) is 1. The van der Waals surface area contributed by atoms with E-state index in [1.165, 1.54) is 20.1 Å². The quantitative estimate of drug-likeness (QED) is 0.484. The van der Waals surface area contributed by atoms with Gasteiger partial charge in [0.05, 0.1) is 12.7 Å². The lowest BCUT2D eigenvalue weighted by molar-refractivity contribution is -0.116. The zero-order valence-electron chi connectivity index (χ0n) is 11.1. The molecular weight excluding hydrogens is 242 g/mol. The Morgan fingerprint density at radius 2 is 2.16 bits per heavy atom. The Morgan fingerprint density at radius 1 is 1.42 bits per heavy atom. The van der Waals surface area contributed by atoms with E-state index in [4.69, 9.17) is 4.74 Å². The number of methoxy groups -OCH3 is 1. The van der Waals surface area contributed by atoms with Crippen molar-refractivity contribution in [2.45, 2.75) is 6.92 Å². The summed E-state index contributed by atoms with van der Waals surface area (Å²) in [5, 5.41) is 2.63. The average molecular weight is 259 g/mol. The number of ketones is 1. The summed E-state index contributed by atoms with van der Waals surface area (Å²) in [5.74, 6) is 0.240. The van der Waals surface area contributed by atoms with Gasteiger partial charge in [0.2, 0.25) is 5.91 Å². The van der Waals surface area contributed by atoms with E-state index in [9.17, 15) is 9.59 Å². The van der Waals surface area contributed by atoms with Crippen LogP contribution in [0.1, 0.15) is 22.8 Å². The minimum Gasteiger partial charge on any atom is -0.496 e. The molecule has 4 nitrogen and oxygen atoms in total. The van der Waals surface area contributed by atoms with Crippen LogP contribution in [0.25, 0.3) is 6.08 Å². The van der Waals surface area contributed by atoms with Crippen molar-refractivity contribution in [3.05, 3.63) is 48.1 Å². The molecule has 0 aromatic heterocycles. The van der Waals surface area contributed by atoms with Crippen LogP contribution in [0.15, 0.2) is 36.9 Å². The summed E-state index contributed by atoms with van der Waals surface area (Å²) >= 11 is 0. The fraction of sp³-hybridized carbons (Fsp3) is 0.200. The molecule has 0 heterocycles. The Bertz CT molecular complexity index is 518. The molecule has 100 valence electrons. The second-order valence-electron chi connectivity index (χ2n) is 3.88. The number of nitrogens with one attached hydrogen (secondary N) is 1. The number of hydrogen-bond acceptors (Lipinski definition) is 3. The van der Waals surface area contributed by atoms with Crippen LogP contribution in [-0.4, -0.2) is 25.3 Å². The molecule has 0 aliphatic rings. The van der Waals surface area contributed by atoms with Crippen LogP contribution in [0.4, 0.5) is 0 Å². The summed E-state index contributed by atoms with van der Waals surface area (Å²) in [6.45, 7) is 5.41. The van der Waals surface area contributed by atoms with E-state index in [0.717, 1.165) is 5.56 Å². The largest absolute Gasteiger partial charge is 0.496 e. The summed E-state index contributed by atoms with van der Waals surface area (Å²) in [6, 6.07) is 5.18. The molecule has 0 aliphatic heterocycles. The molecule has 19 heavy (non-hydrogen) atoms. The van der Waals surface area contributed by atoms with Gasteiger partial charge in [-0.2, -0.15) is 0 Å². The fourth-order valence-electron chi connectivity index (χ4n) is 1.51. The third kappa shape index (κ3) is 4.43. The van der Waals surface area contributed by atoms with Crippen molar-refractivity contribution in [2.75, 3.05) is 13.7 Å². The molecule has 0 bridgehead atoms. The Labute approximate surface area is 112 Å². The van der Waals surface area contributed by atoms with E-state index in [-0.39, 0.29) is 11.7 Å². The van der Waals surface area contributed by atoms with E-state index < -0.39 is 0 Å². The van der Waals surface area contributed by atoms with Gasteiger partial charge in [-0.3, -0.25) is 9.59 Å². The first kappa shape index (κ1) is 14.7. The molecule has 1 aromatic carbocycles. The Hall–Kier alpha value is -2.36. The molecule has 0 saturated heterocycles. The average Bonchev–Trinajstić information content (AvgIpc) is 2.42. The smallest absolute Gasteiger partial charge is 0.244 e. The number of carbonyl (C=O) groups excluding carboxylic acids is 2. The molecular formula is C15H17NO3. The number of benzene rings is 1. The third-order valence-corrected chi connectivity index (χ3v) is 2.45. The van der Waals surface area contributed by atoms with Crippen LogP contribution >= 0.6 is 0 Å². The van der Waals surface area contributed by atoms with Gasteiger partial charge >= 0.3 is 0 Å². The Morgan fingerprint density at radius 3 is 2.74 bits per heavy atom. The van der Waals surface area contributed by atoms with E-state index in [0.29, 0.717) is 17.9 Å². The molecule has 0 atom stereocenters. The van der Waals surface area contributed by atoms with E-state index >= 15 is 0 Å². The maximum atomic E-state index is 11.5. The maximum absolute atomic E-state index is 11.5. The van der Waals surface area contributed by atoms with E-state index in [1.807, 2.05) is 0 Å². The van der Waals surface area contributed by atoms with Gasteiger partial charge in [-0.1, -0.05) is 12.1 Å². The first-order valence-corrected chi connectivity index (χ1v) is 5.84. The van der Waals surface area contributed by atoms with Crippen molar-refractivity contribution in [1.82, 2.24) is 5.32 Å². The number of carbonyl (C=O) groups is 2. The normalized spacial score (nSPS) is 10.2. The summed E-state index contributed by atoms with van der Waals surface area (Å²) in [6.07, 6.45) is 4.66. The van der Waals surface area contributed by atoms with Gasteiger partial charge in [0.1, 0.15) is 5.75 Å². The molecule has 1 N–H and O–H groups in total. The highest BCUT2D eigenvalue weighted by Crippen LogP contribution is 2.21. The second kappa shape index (κ2) is 7.16. The lowest BCUT2D eigenvalue weighted by atomic mass is 10.1. The van der Waals surface area contributed by atoms with Crippen molar-refractivity contribution in [2.24, 2.45) is 0 Å². The van der Waals surface area contributed by atoms with Crippen molar-refractivity contribution in [3.63, 3.8) is 0 Å². The van der Waals surface area contributed by atoms with Gasteiger partial charge in [-0.15, -0.1) is 6.58 Å². The predicted molar refractivity (Wildman–Crippen MR) is 75.2 cm³/mol. The highest BCUT2D eigenvalue weighted by Gasteiger charge is 2.07. The minimum absolute atomic E-state index is 0.0804. The zero-order valence-corrected chi connectivity index (χ0v) is 11.1. The lowest BCUT2D eigenvalue weighted by Crippen LogP contribution is -2.20. The van der Waals surface area contributed by atoms with Gasteiger partial charge in [-0.05, 0) is 30.7 Å². The standard InChI is InChI=1S/C15H17NO3/c1-4-9-16-15(18)8-6-12-5-7-14(19-3)13(10-12)11(2)17/h4-8,10H,1,9H2,2-3H3,(H,16,18)/b8-6+. The highest BCUT2D eigenvalue weighted by molar-refractivity contribution is 5.98. The summed E-state index contributed by atoms with van der Waals surface area (Å²) in [5.41, 5.74) is 1.26. The summed E-state index contributed by atoms with van der Waals surface area (Å²) in [4.78, 5) is 22.8. The fourth-order valence-corrected chi connectivity index (χ4v) is 1.51. The molecule has 0 unspecified atom stereocenters. The molecule has 0 saturated carbocycles. The molecule has 1 amide bonds. The van der Waals surface area contributed by atoms with Gasteiger partial charge in [0, 0.05) is 12.6 Å². The molecule has 1 aromatic rings. The maximum Gasteiger partial charge on any atom is 0.244 e. The Kier molecular flexibility index (Phi) is 5.54. The van der Waals surface area contributed by atoms with Crippen LogP contribution in [0.5, 0.6) is 5.75 Å². The topological polar surface area (TPSA) is 55.4 Å². The summed E-state index contributed by atoms with van der Waals surface area (Å²) in [7, 11) is 1.51. The van der Waals surface area contributed by atoms with Crippen molar-refractivity contribution in [1.29, 1.82) is 0 Å². The van der Waals surface area contributed by atoms with Crippen LogP contribution in [0.2, 0.25) is 0 Å². The van der Waals surface area contributed by atoms with Gasteiger partial charge in [0.15, 0.2) is 5.78 Å². The first-order valence-electron chi connectivity index (χ1n) is 5.84. The van der Waals surface area contributed by atoms with Gasteiger partial charge < -0.3 is 10.1 Å². The number of amides is 1. The molecule has 0 fully saturated rings. The monoisotopic (exact) mass is 259 g/mol. The molecule has 4 heteroatoms. The van der Waals surface area contributed by atoms with Crippen LogP contribution in [0, 0.1) is 0 Å². The second-order valence-corrected chi connectivity index (χ2v) is 3.88. The number of ether oxygens (including phenoxy) is 1. The third-order valence-electron chi connectivity index (χ3n) is 2.45. The molecule has 0 radical (unpaired) electrons. The molecule has 1 rings (SSSR count). The molecule has 0 aliphatic carbocycles. The van der Waals surface area contributed by atoms with E-state index in [1.54, 1.807) is 30.4 Å². The van der Waals surface area contributed by atoms with Crippen LogP contribution < -0.4 is 10.1 Å². The van der Waals surface area contributed by atoms with Crippen LogP contribution in [-0.2, 0) is 4.79 Å². The molecule has 0 spiro atoms.